The molecule has 0 aliphatic carbocycles. The monoisotopic (exact) mass is 397 g/mol. The SMILES string of the molecule is Clc1ccccc1-c1nc(C[NH2+][C@H](c2ccccc2)c2cccs2)cs1. The van der Waals surface area contributed by atoms with E-state index in [1.807, 2.05) is 24.3 Å². The summed E-state index contributed by atoms with van der Waals surface area (Å²) in [6.07, 6.45) is 0. The molecular weight excluding hydrogens is 380 g/mol. The molecule has 0 aliphatic heterocycles. The van der Waals surface area contributed by atoms with Crippen LogP contribution in [0.2, 0.25) is 5.02 Å². The van der Waals surface area contributed by atoms with Gasteiger partial charge in [-0.15, -0.1) is 22.7 Å². The lowest BCUT2D eigenvalue weighted by Crippen LogP contribution is -2.83. The third kappa shape index (κ3) is 3.89. The summed E-state index contributed by atoms with van der Waals surface area (Å²) >= 11 is 9.75. The normalized spacial score (nSPS) is 12.2. The van der Waals surface area contributed by atoms with E-state index in [4.69, 9.17) is 16.6 Å². The first-order valence-corrected chi connectivity index (χ1v) is 10.6. The second-order valence-electron chi connectivity index (χ2n) is 5.97. The van der Waals surface area contributed by atoms with Crippen molar-refractivity contribution in [3.8, 4) is 10.6 Å². The quantitative estimate of drug-likeness (QED) is 0.465. The molecule has 0 amide bonds. The van der Waals surface area contributed by atoms with Crippen LogP contribution in [0.15, 0.2) is 77.5 Å². The van der Waals surface area contributed by atoms with Crippen LogP contribution < -0.4 is 5.32 Å². The Bertz CT molecular complexity index is 965. The number of halogens is 1. The lowest BCUT2D eigenvalue weighted by Gasteiger charge is -2.14. The maximum atomic E-state index is 6.30. The lowest BCUT2D eigenvalue weighted by atomic mass is 10.1. The molecule has 1 atom stereocenters. The highest BCUT2D eigenvalue weighted by Gasteiger charge is 2.19. The fourth-order valence-corrected chi connectivity index (χ4v) is 4.95. The molecule has 4 aromatic rings. The first-order valence-electron chi connectivity index (χ1n) is 8.42. The number of aromatic nitrogens is 1. The van der Waals surface area contributed by atoms with Crippen molar-refractivity contribution in [1.29, 1.82) is 0 Å². The summed E-state index contributed by atoms with van der Waals surface area (Å²) in [5, 5.41) is 8.35. The van der Waals surface area contributed by atoms with Crippen LogP contribution in [-0.4, -0.2) is 4.98 Å². The molecule has 0 fully saturated rings. The molecule has 0 bridgehead atoms. The zero-order valence-electron chi connectivity index (χ0n) is 14.0. The van der Waals surface area contributed by atoms with Crippen LogP contribution in [0.4, 0.5) is 0 Å². The first kappa shape index (κ1) is 17.4. The van der Waals surface area contributed by atoms with Gasteiger partial charge in [0.25, 0.3) is 0 Å². The highest BCUT2D eigenvalue weighted by atomic mass is 35.5. The van der Waals surface area contributed by atoms with Gasteiger partial charge in [-0.2, -0.15) is 0 Å². The van der Waals surface area contributed by atoms with E-state index < -0.39 is 0 Å². The predicted molar refractivity (Wildman–Crippen MR) is 111 cm³/mol. The van der Waals surface area contributed by atoms with Crippen LogP contribution in [0.25, 0.3) is 10.6 Å². The smallest absolute Gasteiger partial charge is 0.147 e. The zero-order valence-corrected chi connectivity index (χ0v) is 16.4. The van der Waals surface area contributed by atoms with Gasteiger partial charge in [0.05, 0.1) is 9.90 Å². The van der Waals surface area contributed by atoms with Crippen molar-refractivity contribution in [2.75, 3.05) is 0 Å². The van der Waals surface area contributed by atoms with Crippen LogP contribution in [-0.2, 0) is 6.54 Å². The third-order valence-electron chi connectivity index (χ3n) is 4.23. The van der Waals surface area contributed by atoms with E-state index in [1.54, 1.807) is 22.7 Å². The number of thiophene rings is 1. The topological polar surface area (TPSA) is 29.5 Å². The van der Waals surface area contributed by atoms with Crippen molar-refractivity contribution in [2.24, 2.45) is 0 Å². The summed E-state index contributed by atoms with van der Waals surface area (Å²) in [6, 6.07) is 23.1. The minimum Gasteiger partial charge on any atom is -0.331 e. The van der Waals surface area contributed by atoms with Crippen LogP contribution >= 0.6 is 34.3 Å². The van der Waals surface area contributed by atoms with Gasteiger partial charge in [-0.25, -0.2) is 4.98 Å². The number of benzene rings is 2. The van der Waals surface area contributed by atoms with Crippen LogP contribution in [0, 0.1) is 0 Å². The molecule has 0 unspecified atom stereocenters. The molecule has 2 nitrogen and oxygen atoms in total. The molecule has 0 aliphatic rings. The van der Waals surface area contributed by atoms with Crippen LogP contribution in [0.5, 0.6) is 0 Å². The molecule has 2 heterocycles. The summed E-state index contributed by atoms with van der Waals surface area (Å²) in [5.41, 5.74) is 3.40. The summed E-state index contributed by atoms with van der Waals surface area (Å²) in [6.45, 7) is 0.832. The van der Waals surface area contributed by atoms with Gasteiger partial charge in [0.2, 0.25) is 0 Å². The van der Waals surface area contributed by atoms with Gasteiger partial charge in [-0.05, 0) is 17.5 Å². The van der Waals surface area contributed by atoms with Crippen LogP contribution in [0.1, 0.15) is 22.2 Å². The Morgan fingerprint density at radius 1 is 0.923 bits per heavy atom. The Labute approximate surface area is 166 Å². The Balaban J connectivity index is 1.53. The van der Waals surface area contributed by atoms with E-state index in [1.165, 1.54) is 10.4 Å². The van der Waals surface area contributed by atoms with E-state index in [2.05, 4.69) is 58.5 Å². The second kappa shape index (κ2) is 8.14. The molecule has 0 saturated carbocycles. The molecule has 0 radical (unpaired) electrons. The largest absolute Gasteiger partial charge is 0.331 e. The van der Waals surface area contributed by atoms with Crippen molar-refractivity contribution in [2.45, 2.75) is 12.6 Å². The summed E-state index contributed by atoms with van der Waals surface area (Å²) < 4.78 is 0. The van der Waals surface area contributed by atoms with Gasteiger partial charge < -0.3 is 5.32 Å². The molecule has 2 N–H and O–H groups in total. The van der Waals surface area contributed by atoms with E-state index >= 15 is 0 Å². The molecule has 2 aromatic carbocycles. The average Bonchev–Trinajstić information content (AvgIpc) is 3.36. The summed E-state index contributed by atoms with van der Waals surface area (Å²) in [5.74, 6) is 0. The average molecular weight is 398 g/mol. The number of thiazole rings is 1. The van der Waals surface area contributed by atoms with Crippen molar-refractivity contribution < 1.29 is 5.32 Å². The fourth-order valence-electron chi connectivity index (χ4n) is 2.94. The molecular formula is C21H18ClN2S2+. The Kier molecular flexibility index (Phi) is 5.46. The predicted octanol–water partition coefficient (Wildman–Crippen LogP) is 5.38. The van der Waals surface area contributed by atoms with E-state index in [0.717, 1.165) is 27.8 Å². The number of hydrogen-bond donors (Lipinski definition) is 1. The van der Waals surface area contributed by atoms with Crippen LogP contribution in [0.3, 0.4) is 0 Å². The van der Waals surface area contributed by atoms with Crippen molar-refractivity contribution in [3.63, 3.8) is 0 Å². The molecule has 0 saturated heterocycles. The number of nitrogens with zero attached hydrogens (tertiary/aromatic N) is 1. The van der Waals surface area contributed by atoms with E-state index in [9.17, 15) is 0 Å². The Hall–Kier alpha value is -1.98. The number of nitrogens with two attached hydrogens (primary N) is 1. The molecule has 0 spiro atoms. The number of rotatable bonds is 6. The molecule has 130 valence electrons. The zero-order chi connectivity index (χ0) is 17.8. The van der Waals surface area contributed by atoms with E-state index in [0.29, 0.717) is 6.04 Å². The van der Waals surface area contributed by atoms with Crippen molar-refractivity contribution in [1.82, 2.24) is 4.98 Å². The maximum Gasteiger partial charge on any atom is 0.147 e. The Morgan fingerprint density at radius 3 is 2.50 bits per heavy atom. The van der Waals surface area contributed by atoms with Gasteiger partial charge in [-0.3, -0.25) is 0 Å². The standard InChI is InChI=1S/C21H17ClN2S2/c22-18-10-5-4-9-17(18)21-24-16(14-26-21)13-23-20(19-11-6-12-25-19)15-7-2-1-3-8-15/h1-12,14,20,23H,13H2/p+1/t20-/m1/s1. The highest BCUT2D eigenvalue weighted by molar-refractivity contribution is 7.13. The third-order valence-corrected chi connectivity index (χ3v) is 6.44. The Morgan fingerprint density at radius 2 is 1.73 bits per heavy atom. The molecule has 26 heavy (non-hydrogen) atoms. The van der Waals surface area contributed by atoms with Gasteiger partial charge in [-0.1, -0.05) is 66.2 Å². The van der Waals surface area contributed by atoms with Gasteiger partial charge >= 0.3 is 0 Å². The lowest BCUT2D eigenvalue weighted by molar-refractivity contribution is -0.702. The minimum absolute atomic E-state index is 0.293. The number of quaternary nitrogens is 1. The van der Waals surface area contributed by atoms with Gasteiger partial charge in [0, 0.05) is 16.5 Å². The molecule has 4 rings (SSSR count). The first-order chi connectivity index (χ1) is 12.8. The van der Waals surface area contributed by atoms with Gasteiger partial charge in [0.15, 0.2) is 0 Å². The van der Waals surface area contributed by atoms with Gasteiger partial charge in [0.1, 0.15) is 23.3 Å². The van der Waals surface area contributed by atoms with Crippen molar-refractivity contribution >= 4 is 34.3 Å². The summed E-state index contributed by atoms with van der Waals surface area (Å²) in [7, 11) is 0. The highest BCUT2D eigenvalue weighted by Crippen LogP contribution is 2.30. The maximum absolute atomic E-state index is 6.30. The van der Waals surface area contributed by atoms with Crippen molar-refractivity contribution in [3.05, 3.63) is 98.6 Å². The fraction of sp³-hybridized carbons (Fsp3) is 0.0952. The molecule has 5 heteroatoms. The minimum atomic E-state index is 0.293. The molecule has 2 aromatic heterocycles. The van der Waals surface area contributed by atoms with E-state index in [-0.39, 0.29) is 0 Å². The number of hydrogen-bond acceptors (Lipinski definition) is 3. The second-order valence-corrected chi connectivity index (χ2v) is 8.21. The summed E-state index contributed by atoms with van der Waals surface area (Å²) in [4.78, 5) is 6.15.